The van der Waals surface area contributed by atoms with Gasteiger partial charge in [0.25, 0.3) is 5.91 Å². The first-order valence-corrected chi connectivity index (χ1v) is 9.19. The van der Waals surface area contributed by atoms with Gasteiger partial charge in [0.15, 0.2) is 6.61 Å². The summed E-state index contributed by atoms with van der Waals surface area (Å²) >= 11 is 1.31. The number of thiophene rings is 1. The second kappa shape index (κ2) is 8.53. The minimum atomic E-state index is -0.560. The third kappa shape index (κ3) is 4.66. The van der Waals surface area contributed by atoms with Gasteiger partial charge < -0.3 is 20.1 Å². The van der Waals surface area contributed by atoms with Crippen LogP contribution in [-0.2, 0) is 14.3 Å². The summed E-state index contributed by atoms with van der Waals surface area (Å²) in [5.74, 6) is -0.902. The zero-order valence-corrected chi connectivity index (χ0v) is 16.1. The van der Waals surface area contributed by atoms with Crippen LogP contribution in [0.25, 0.3) is 10.1 Å². The molecule has 0 aliphatic carbocycles. The maximum Gasteiger partial charge on any atom is 0.348 e. The van der Waals surface area contributed by atoms with Crippen molar-refractivity contribution in [3.05, 3.63) is 53.4 Å². The van der Waals surface area contributed by atoms with Gasteiger partial charge in [-0.15, -0.1) is 11.3 Å². The first-order valence-electron chi connectivity index (χ1n) is 8.37. The summed E-state index contributed by atoms with van der Waals surface area (Å²) in [7, 11) is 1.46. The van der Waals surface area contributed by atoms with Gasteiger partial charge in [-0.05, 0) is 35.7 Å². The summed E-state index contributed by atoms with van der Waals surface area (Å²) in [6, 6.07) is 14.2. The Hall–Kier alpha value is -3.39. The maximum absolute atomic E-state index is 12.2. The van der Waals surface area contributed by atoms with E-state index in [1.54, 1.807) is 24.3 Å². The van der Waals surface area contributed by atoms with Gasteiger partial charge in [-0.1, -0.05) is 18.2 Å². The first-order chi connectivity index (χ1) is 13.5. The van der Waals surface area contributed by atoms with Crippen LogP contribution in [0.5, 0.6) is 5.75 Å². The van der Waals surface area contributed by atoms with Crippen LogP contribution in [0.1, 0.15) is 16.6 Å². The number of carbonyl (C=O) groups is 3. The van der Waals surface area contributed by atoms with E-state index in [1.807, 2.05) is 24.3 Å². The highest BCUT2D eigenvalue weighted by atomic mass is 32.1. The third-order valence-electron chi connectivity index (χ3n) is 3.75. The molecule has 0 saturated carbocycles. The third-order valence-corrected chi connectivity index (χ3v) is 4.85. The molecule has 3 rings (SSSR count). The molecule has 0 aliphatic heterocycles. The molecule has 0 bridgehead atoms. The van der Waals surface area contributed by atoms with Crippen molar-refractivity contribution in [2.24, 2.45) is 0 Å². The monoisotopic (exact) mass is 398 g/mol. The Bertz CT molecular complexity index is 1010. The van der Waals surface area contributed by atoms with Crippen molar-refractivity contribution in [2.45, 2.75) is 6.92 Å². The molecule has 0 radical (unpaired) electrons. The maximum atomic E-state index is 12.2. The van der Waals surface area contributed by atoms with Gasteiger partial charge in [-0.2, -0.15) is 0 Å². The highest BCUT2D eigenvalue weighted by molar-refractivity contribution is 7.20. The molecule has 2 aromatic carbocycles. The van der Waals surface area contributed by atoms with Crippen LogP contribution in [0.4, 0.5) is 11.4 Å². The topological polar surface area (TPSA) is 93.7 Å². The molecule has 0 spiro atoms. The normalized spacial score (nSPS) is 10.4. The standard InChI is InChI=1S/C20H18N2O5S/c1-12(23)21-14-7-8-16(26-2)15(10-14)22-19(24)11-27-20(25)18-9-13-5-3-4-6-17(13)28-18/h3-10H,11H2,1-2H3,(H,21,23)(H,22,24). The molecule has 8 heteroatoms. The van der Waals surface area contributed by atoms with E-state index in [-0.39, 0.29) is 5.91 Å². The molecule has 0 fully saturated rings. The fourth-order valence-electron chi connectivity index (χ4n) is 2.56. The number of hydrogen-bond donors (Lipinski definition) is 2. The zero-order chi connectivity index (χ0) is 20.1. The van der Waals surface area contributed by atoms with E-state index in [0.29, 0.717) is 22.0 Å². The minimum absolute atomic E-state index is 0.236. The fourth-order valence-corrected chi connectivity index (χ4v) is 3.51. The van der Waals surface area contributed by atoms with Crippen LogP contribution in [0, 0.1) is 0 Å². The van der Waals surface area contributed by atoms with Crippen LogP contribution >= 0.6 is 11.3 Å². The van der Waals surface area contributed by atoms with Crippen molar-refractivity contribution < 1.29 is 23.9 Å². The molecule has 1 aromatic heterocycles. The van der Waals surface area contributed by atoms with Crippen LogP contribution in [-0.4, -0.2) is 31.5 Å². The summed E-state index contributed by atoms with van der Waals surface area (Å²) in [6.07, 6.45) is 0. The van der Waals surface area contributed by atoms with Crippen molar-refractivity contribution in [3.8, 4) is 5.75 Å². The van der Waals surface area contributed by atoms with E-state index >= 15 is 0 Å². The van der Waals surface area contributed by atoms with Gasteiger partial charge in [-0.3, -0.25) is 9.59 Å². The highest BCUT2D eigenvalue weighted by Gasteiger charge is 2.15. The number of ether oxygens (including phenoxy) is 2. The Balaban J connectivity index is 1.63. The predicted molar refractivity (Wildman–Crippen MR) is 108 cm³/mol. The number of hydrogen-bond acceptors (Lipinski definition) is 6. The molecule has 28 heavy (non-hydrogen) atoms. The molecule has 0 unspecified atom stereocenters. The lowest BCUT2D eigenvalue weighted by Gasteiger charge is -2.12. The average molecular weight is 398 g/mol. The van der Waals surface area contributed by atoms with Gasteiger partial charge in [-0.25, -0.2) is 4.79 Å². The lowest BCUT2D eigenvalue weighted by molar-refractivity contribution is -0.119. The van der Waals surface area contributed by atoms with E-state index in [2.05, 4.69) is 10.6 Å². The molecule has 0 aliphatic rings. The van der Waals surface area contributed by atoms with Gasteiger partial charge in [0.2, 0.25) is 5.91 Å². The number of carbonyl (C=O) groups excluding carboxylic acids is 3. The number of rotatable bonds is 6. The number of nitrogens with one attached hydrogen (secondary N) is 2. The molecule has 3 aromatic rings. The van der Waals surface area contributed by atoms with Gasteiger partial charge in [0.1, 0.15) is 10.6 Å². The van der Waals surface area contributed by atoms with Crippen molar-refractivity contribution in [1.29, 1.82) is 0 Å². The van der Waals surface area contributed by atoms with E-state index in [1.165, 1.54) is 25.4 Å². The quantitative estimate of drug-likeness (QED) is 0.618. The lowest BCUT2D eigenvalue weighted by Crippen LogP contribution is -2.21. The summed E-state index contributed by atoms with van der Waals surface area (Å²) < 4.78 is 11.3. The molecule has 2 amide bonds. The van der Waals surface area contributed by atoms with Crippen LogP contribution in [0.3, 0.4) is 0 Å². The van der Waals surface area contributed by atoms with Crippen molar-refractivity contribution >= 4 is 50.6 Å². The van der Waals surface area contributed by atoms with Crippen LogP contribution in [0.15, 0.2) is 48.5 Å². The Kier molecular flexibility index (Phi) is 5.90. The molecule has 0 saturated heterocycles. The van der Waals surface area contributed by atoms with E-state index in [9.17, 15) is 14.4 Å². The van der Waals surface area contributed by atoms with Crippen molar-refractivity contribution in [2.75, 3.05) is 24.4 Å². The Morgan fingerprint density at radius 3 is 2.54 bits per heavy atom. The fraction of sp³-hybridized carbons (Fsp3) is 0.150. The smallest absolute Gasteiger partial charge is 0.348 e. The summed E-state index contributed by atoms with van der Waals surface area (Å²) in [5, 5.41) is 6.19. The second-order valence-electron chi connectivity index (χ2n) is 5.87. The van der Waals surface area contributed by atoms with Gasteiger partial charge in [0.05, 0.1) is 12.8 Å². The van der Waals surface area contributed by atoms with Crippen molar-refractivity contribution in [1.82, 2.24) is 0 Å². The zero-order valence-electron chi connectivity index (χ0n) is 15.3. The predicted octanol–water partition coefficient (Wildman–Crippen LogP) is 3.66. The number of methoxy groups -OCH3 is 1. The molecular weight excluding hydrogens is 380 g/mol. The van der Waals surface area contributed by atoms with E-state index in [4.69, 9.17) is 9.47 Å². The van der Waals surface area contributed by atoms with E-state index in [0.717, 1.165) is 10.1 Å². The number of benzene rings is 2. The number of anilines is 2. The lowest BCUT2D eigenvalue weighted by atomic mass is 10.2. The summed E-state index contributed by atoms with van der Waals surface area (Å²) in [4.78, 5) is 36.0. The Morgan fingerprint density at radius 1 is 1.04 bits per heavy atom. The van der Waals surface area contributed by atoms with Gasteiger partial charge >= 0.3 is 5.97 Å². The highest BCUT2D eigenvalue weighted by Crippen LogP contribution is 2.28. The van der Waals surface area contributed by atoms with Crippen molar-refractivity contribution in [3.63, 3.8) is 0 Å². The molecule has 0 atom stereocenters. The first kappa shape index (κ1) is 19.4. The molecule has 1 heterocycles. The number of fused-ring (bicyclic) bond motifs is 1. The number of esters is 1. The average Bonchev–Trinajstić information content (AvgIpc) is 3.10. The second-order valence-corrected chi connectivity index (χ2v) is 6.95. The van der Waals surface area contributed by atoms with Crippen LogP contribution < -0.4 is 15.4 Å². The Morgan fingerprint density at radius 2 is 1.82 bits per heavy atom. The van der Waals surface area contributed by atoms with E-state index < -0.39 is 18.5 Å². The largest absolute Gasteiger partial charge is 0.495 e. The molecule has 7 nitrogen and oxygen atoms in total. The molecule has 144 valence electrons. The minimum Gasteiger partial charge on any atom is -0.495 e. The molecule has 2 N–H and O–H groups in total. The summed E-state index contributed by atoms with van der Waals surface area (Å²) in [5.41, 5.74) is 0.863. The van der Waals surface area contributed by atoms with Crippen LogP contribution in [0.2, 0.25) is 0 Å². The summed E-state index contributed by atoms with van der Waals surface area (Å²) in [6.45, 7) is 0.941. The SMILES string of the molecule is COc1ccc(NC(C)=O)cc1NC(=O)COC(=O)c1cc2ccccc2s1. The Labute approximate surface area is 165 Å². The molecular formula is C20H18N2O5S. The number of amides is 2. The van der Waals surface area contributed by atoms with Gasteiger partial charge in [0, 0.05) is 17.3 Å².